The second-order valence-electron chi connectivity index (χ2n) is 3.55. The van der Waals surface area contributed by atoms with E-state index in [0.29, 0.717) is 13.1 Å². The highest BCUT2D eigenvalue weighted by Gasteiger charge is 2.19. The van der Waals surface area contributed by atoms with E-state index in [1.54, 1.807) is 6.08 Å². The maximum Gasteiger partial charge on any atom is 0.270 e. The van der Waals surface area contributed by atoms with E-state index in [0.717, 1.165) is 0 Å². The zero-order valence-corrected chi connectivity index (χ0v) is 10.7. The van der Waals surface area contributed by atoms with Crippen LogP contribution in [0.1, 0.15) is 17.3 Å². The number of hydrogen-bond acceptors (Lipinski definition) is 3. The number of amides is 1. The average molecular weight is 269 g/mol. The van der Waals surface area contributed by atoms with Crippen molar-refractivity contribution in [2.75, 3.05) is 13.1 Å². The van der Waals surface area contributed by atoms with Gasteiger partial charge in [0.05, 0.1) is 15.5 Å². The Bertz CT molecular complexity index is 488. The topological polar surface area (TPSA) is 63.5 Å². The largest absolute Gasteiger partial charge is 0.335 e. The molecule has 1 aromatic rings. The smallest absolute Gasteiger partial charge is 0.270 e. The number of nitro groups is 1. The summed E-state index contributed by atoms with van der Waals surface area (Å²) in [5.41, 5.74) is -0.0213. The number of carbonyl (C=O) groups is 1. The molecule has 1 aromatic carbocycles. The van der Waals surface area contributed by atoms with Crippen molar-refractivity contribution in [3.63, 3.8) is 0 Å². The first kappa shape index (κ1) is 14.2. The van der Waals surface area contributed by atoms with Gasteiger partial charge >= 0.3 is 0 Å². The van der Waals surface area contributed by atoms with Gasteiger partial charge in [0.2, 0.25) is 0 Å². The van der Waals surface area contributed by atoms with Crippen LogP contribution in [0.2, 0.25) is 5.02 Å². The summed E-state index contributed by atoms with van der Waals surface area (Å²) in [6, 6.07) is 3.81. The maximum absolute atomic E-state index is 12.1. The Balaban J connectivity index is 3.14. The number of likely N-dealkylation sites (N-methyl/N-ethyl adjacent to an activating group) is 1. The van der Waals surface area contributed by atoms with Crippen LogP contribution in [0.4, 0.5) is 5.69 Å². The molecule has 0 aliphatic heterocycles. The Morgan fingerprint density at radius 3 is 2.78 bits per heavy atom. The van der Waals surface area contributed by atoms with Crippen molar-refractivity contribution in [1.29, 1.82) is 0 Å². The SMILES string of the molecule is C=CCN(CC)C(=O)c1cc([N+](=O)[O-])ccc1Cl. The van der Waals surface area contributed by atoms with Crippen LogP contribution < -0.4 is 0 Å². The average Bonchev–Trinajstić information content (AvgIpc) is 2.35. The molecule has 0 spiro atoms. The second kappa shape index (κ2) is 6.16. The molecule has 6 heteroatoms. The third kappa shape index (κ3) is 3.07. The molecule has 1 rings (SSSR count). The molecule has 0 aliphatic rings. The van der Waals surface area contributed by atoms with E-state index in [1.165, 1.54) is 23.1 Å². The number of benzene rings is 1. The summed E-state index contributed by atoms with van der Waals surface area (Å²) in [5, 5.41) is 10.9. The van der Waals surface area contributed by atoms with Gasteiger partial charge in [-0.1, -0.05) is 17.7 Å². The molecule has 0 aromatic heterocycles. The third-order valence-corrected chi connectivity index (χ3v) is 2.74. The maximum atomic E-state index is 12.1. The Kier molecular flexibility index (Phi) is 4.85. The molecule has 0 N–H and O–H groups in total. The minimum Gasteiger partial charge on any atom is -0.335 e. The summed E-state index contributed by atoms with van der Waals surface area (Å²) in [6.45, 7) is 6.22. The quantitative estimate of drug-likeness (QED) is 0.469. The molecular formula is C12H13ClN2O3. The second-order valence-corrected chi connectivity index (χ2v) is 3.96. The fourth-order valence-corrected chi connectivity index (χ4v) is 1.67. The summed E-state index contributed by atoms with van der Waals surface area (Å²) >= 11 is 5.90. The van der Waals surface area contributed by atoms with Gasteiger partial charge in [-0.25, -0.2) is 0 Å². The zero-order valence-electron chi connectivity index (χ0n) is 9.93. The number of nitrogens with zero attached hydrogens (tertiary/aromatic N) is 2. The van der Waals surface area contributed by atoms with E-state index in [4.69, 9.17) is 11.6 Å². The van der Waals surface area contributed by atoms with Crippen LogP contribution in [0.25, 0.3) is 0 Å². The molecule has 0 fully saturated rings. The molecular weight excluding hydrogens is 256 g/mol. The summed E-state index contributed by atoms with van der Waals surface area (Å²) in [6.07, 6.45) is 1.59. The lowest BCUT2D eigenvalue weighted by Crippen LogP contribution is -2.31. The summed E-state index contributed by atoms with van der Waals surface area (Å²) in [4.78, 5) is 23.7. The predicted molar refractivity (Wildman–Crippen MR) is 69.9 cm³/mol. The van der Waals surface area contributed by atoms with Crippen LogP contribution in [0, 0.1) is 10.1 Å². The van der Waals surface area contributed by atoms with Crippen LogP contribution in [0.3, 0.4) is 0 Å². The van der Waals surface area contributed by atoms with Crippen molar-refractivity contribution in [2.45, 2.75) is 6.92 Å². The van der Waals surface area contributed by atoms with Gasteiger partial charge in [-0.05, 0) is 13.0 Å². The van der Waals surface area contributed by atoms with Crippen molar-refractivity contribution in [3.8, 4) is 0 Å². The zero-order chi connectivity index (χ0) is 13.7. The number of hydrogen-bond donors (Lipinski definition) is 0. The number of carbonyl (C=O) groups excluding carboxylic acids is 1. The standard InChI is InChI=1S/C12H13ClN2O3/c1-3-7-14(4-2)12(16)10-8-9(15(17)18)5-6-11(10)13/h3,5-6,8H,1,4,7H2,2H3. The molecule has 0 bridgehead atoms. The van der Waals surface area contributed by atoms with E-state index in [2.05, 4.69) is 6.58 Å². The lowest BCUT2D eigenvalue weighted by molar-refractivity contribution is -0.384. The van der Waals surface area contributed by atoms with Crippen LogP contribution in [0.15, 0.2) is 30.9 Å². The van der Waals surface area contributed by atoms with Gasteiger partial charge in [0.15, 0.2) is 0 Å². The normalized spacial score (nSPS) is 9.89. The molecule has 0 unspecified atom stereocenters. The van der Waals surface area contributed by atoms with Crippen LogP contribution in [0.5, 0.6) is 0 Å². The predicted octanol–water partition coefficient (Wildman–Crippen LogP) is 2.90. The van der Waals surface area contributed by atoms with Crippen LogP contribution >= 0.6 is 11.6 Å². The minimum atomic E-state index is -0.559. The summed E-state index contributed by atoms with van der Waals surface area (Å²) < 4.78 is 0. The van der Waals surface area contributed by atoms with E-state index < -0.39 is 4.92 Å². The Labute approximate surface area is 110 Å². The molecule has 0 saturated carbocycles. The molecule has 0 atom stereocenters. The minimum absolute atomic E-state index is 0.134. The monoisotopic (exact) mass is 268 g/mol. The molecule has 0 aliphatic carbocycles. The number of nitro benzene ring substituents is 1. The van der Waals surface area contributed by atoms with Crippen molar-refractivity contribution in [2.24, 2.45) is 0 Å². The van der Waals surface area contributed by atoms with Crippen molar-refractivity contribution >= 4 is 23.2 Å². The summed E-state index contributed by atoms with van der Waals surface area (Å²) in [7, 11) is 0. The van der Waals surface area contributed by atoms with Crippen molar-refractivity contribution in [1.82, 2.24) is 4.90 Å². The lowest BCUT2D eigenvalue weighted by Gasteiger charge is -2.19. The first-order valence-electron chi connectivity index (χ1n) is 5.35. The van der Waals surface area contributed by atoms with Crippen LogP contribution in [-0.4, -0.2) is 28.8 Å². The fraction of sp³-hybridized carbons (Fsp3) is 0.250. The fourth-order valence-electron chi connectivity index (χ4n) is 1.47. The van der Waals surface area contributed by atoms with Gasteiger partial charge in [-0.3, -0.25) is 14.9 Å². The van der Waals surface area contributed by atoms with E-state index in [-0.39, 0.29) is 22.2 Å². The molecule has 18 heavy (non-hydrogen) atoms. The van der Waals surface area contributed by atoms with E-state index in [1.807, 2.05) is 6.92 Å². The first-order chi connectivity index (χ1) is 8.51. The Morgan fingerprint density at radius 2 is 2.28 bits per heavy atom. The highest BCUT2D eigenvalue weighted by Crippen LogP contribution is 2.23. The molecule has 96 valence electrons. The van der Waals surface area contributed by atoms with E-state index >= 15 is 0 Å². The van der Waals surface area contributed by atoms with Gasteiger partial charge in [0.25, 0.3) is 11.6 Å². The van der Waals surface area contributed by atoms with Gasteiger partial charge in [-0.2, -0.15) is 0 Å². The molecule has 1 amide bonds. The summed E-state index contributed by atoms with van der Waals surface area (Å²) in [5.74, 6) is -0.342. The number of halogens is 1. The van der Waals surface area contributed by atoms with Gasteiger partial charge in [-0.15, -0.1) is 6.58 Å². The van der Waals surface area contributed by atoms with E-state index in [9.17, 15) is 14.9 Å². The number of non-ortho nitro benzene ring substituents is 1. The third-order valence-electron chi connectivity index (χ3n) is 2.41. The van der Waals surface area contributed by atoms with Crippen LogP contribution in [-0.2, 0) is 0 Å². The van der Waals surface area contributed by atoms with Crippen molar-refractivity contribution in [3.05, 3.63) is 51.6 Å². The Morgan fingerprint density at radius 1 is 1.61 bits per heavy atom. The van der Waals surface area contributed by atoms with Gasteiger partial charge in [0.1, 0.15) is 0 Å². The van der Waals surface area contributed by atoms with Gasteiger partial charge < -0.3 is 4.90 Å². The molecule has 0 heterocycles. The highest BCUT2D eigenvalue weighted by atomic mass is 35.5. The first-order valence-corrected chi connectivity index (χ1v) is 5.73. The molecule has 0 radical (unpaired) electrons. The molecule has 5 nitrogen and oxygen atoms in total. The lowest BCUT2D eigenvalue weighted by atomic mass is 10.1. The Hall–Kier alpha value is -1.88. The highest BCUT2D eigenvalue weighted by molar-refractivity contribution is 6.33. The van der Waals surface area contributed by atoms with Gasteiger partial charge in [0, 0.05) is 25.2 Å². The number of rotatable bonds is 5. The van der Waals surface area contributed by atoms with Crippen molar-refractivity contribution < 1.29 is 9.72 Å². The molecule has 0 saturated heterocycles.